The number of rotatable bonds is 4. The molecular weight excluding hydrogens is 356 g/mol. The van der Waals surface area contributed by atoms with E-state index in [0.29, 0.717) is 50.0 Å². The fourth-order valence-electron chi connectivity index (χ4n) is 3.98. The summed E-state index contributed by atoms with van der Waals surface area (Å²) in [7, 11) is 0. The summed E-state index contributed by atoms with van der Waals surface area (Å²) < 4.78 is 0. The van der Waals surface area contributed by atoms with Crippen LogP contribution in [0.3, 0.4) is 0 Å². The number of amides is 3. The van der Waals surface area contributed by atoms with Crippen LogP contribution in [0.4, 0.5) is 5.69 Å². The number of piperazine rings is 1. The van der Waals surface area contributed by atoms with Crippen LogP contribution in [0.1, 0.15) is 43.5 Å². The number of anilines is 1. The SMILES string of the molecule is CC(=O)Nc1cccc(C(=O)N2CCN(CC(=O)N3CCCCC3C)CC2)c1. The van der Waals surface area contributed by atoms with Gasteiger partial charge in [0.05, 0.1) is 6.54 Å². The minimum absolute atomic E-state index is 0.0390. The second-order valence-corrected chi connectivity index (χ2v) is 7.76. The number of carbonyl (C=O) groups is 3. The lowest BCUT2D eigenvalue weighted by Crippen LogP contribution is -2.53. The fraction of sp³-hybridized carbons (Fsp3) is 0.571. The summed E-state index contributed by atoms with van der Waals surface area (Å²) in [6.45, 7) is 7.48. The molecule has 0 aromatic heterocycles. The molecular formula is C21H30N4O3. The number of hydrogen-bond acceptors (Lipinski definition) is 4. The zero-order valence-corrected chi connectivity index (χ0v) is 16.8. The van der Waals surface area contributed by atoms with Gasteiger partial charge in [-0.05, 0) is 44.4 Å². The van der Waals surface area contributed by atoms with E-state index in [0.717, 1.165) is 19.4 Å². The second-order valence-electron chi connectivity index (χ2n) is 7.76. The topological polar surface area (TPSA) is 73.0 Å². The van der Waals surface area contributed by atoms with Gasteiger partial charge >= 0.3 is 0 Å². The van der Waals surface area contributed by atoms with Gasteiger partial charge in [-0.25, -0.2) is 0 Å². The zero-order valence-electron chi connectivity index (χ0n) is 16.8. The Morgan fingerprint density at radius 3 is 2.50 bits per heavy atom. The van der Waals surface area contributed by atoms with Crippen LogP contribution >= 0.6 is 0 Å². The Kier molecular flexibility index (Phi) is 6.67. The lowest BCUT2D eigenvalue weighted by atomic mass is 10.0. The molecule has 0 spiro atoms. The molecule has 2 saturated heterocycles. The third-order valence-electron chi connectivity index (χ3n) is 5.57. The molecule has 2 aliphatic heterocycles. The standard InChI is InChI=1S/C21H30N4O3/c1-16-6-3-4-9-25(16)20(27)15-23-10-12-24(13-11-23)21(28)18-7-5-8-19(14-18)22-17(2)26/h5,7-8,14,16H,3-4,6,9-13,15H2,1-2H3,(H,22,26). The lowest BCUT2D eigenvalue weighted by molar-refractivity contribution is -0.136. The summed E-state index contributed by atoms with van der Waals surface area (Å²) in [4.78, 5) is 42.6. The molecule has 0 saturated carbocycles. The monoisotopic (exact) mass is 386 g/mol. The van der Waals surface area contributed by atoms with Crippen molar-refractivity contribution < 1.29 is 14.4 Å². The molecule has 2 fully saturated rings. The van der Waals surface area contributed by atoms with E-state index in [4.69, 9.17) is 0 Å². The van der Waals surface area contributed by atoms with Crippen molar-refractivity contribution in [2.24, 2.45) is 0 Å². The molecule has 152 valence electrons. The molecule has 2 heterocycles. The first-order valence-corrected chi connectivity index (χ1v) is 10.1. The molecule has 2 aliphatic rings. The van der Waals surface area contributed by atoms with Crippen molar-refractivity contribution in [3.8, 4) is 0 Å². The largest absolute Gasteiger partial charge is 0.339 e. The Morgan fingerprint density at radius 1 is 1.07 bits per heavy atom. The second kappa shape index (κ2) is 9.19. The molecule has 1 aromatic rings. The molecule has 3 rings (SSSR count). The van der Waals surface area contributed by atoms with Crippen molar-refractivity contribution in [1.82, 2.24) is 14.7 Å². The van der Waals surface area contributed by atoms with Crippen molar-refractivity contribution >= 4 is 23.4 Å². The average molecular weight is 386 g/mol. The molecule has 1 aromatic carbocycles. The quantitative estimate of drug-likeness (QED) is 0.857. The maximum absolute atomic E-state index is 12.8. The fourth-order valence-corrected chi connectivity index (χ4v) is 3.98. The van der Waals surface area contributed by atoms with Gasteiger partial charge < -0.3 is 15.1 Å². The molecule has 28 heavy (non-hydrogen) atoms. The van der Waals surface area contributed by atoms with Gasteiger partial charge in [0.15, 0.2) is 0 Å². The van der Waals surface area contributed by atoms with Crippen molar-refractivity contribution in [1.29, 1.82) is 0 Å². The van der Waals surface area contributed by atoms with Gasteiger partial charge in [-0.1, -0.05) is 6.07 Å². The van der Waals surface area contributed by atoms with Crippen LogP contribution in [0.15, 0.2) is 24.3 Å². The van der Waals surface area contributed by atoms with Gasteiger partial charge in [0.2, 0.25) is 11.8 Å². The highest BCUT2D eigenvalue weighted by atomic mass is 16.2. The number of hydrogen-bond donors (Lipinski definition) is 1. The van der Waals surface area contributed by atoms with Crippen LogP contribution in [0, 0.1) is 0 Å². The van der Waals surface area contributed by atoms with Crippen LogP contribution in [0.25, 0.3) is 0 Å². The summed E-state index contributed by atoms with van der Waals surface area (Å²) in [6.07, 6.45) is 3.39. The van der Waals surface area contributed by atoms with Crippen LogP contribution < -0.4 is 5.32 Å². The van der Waals surface area contributed by atoms with E-state index < -0.39 is 0 Å². The number of carbonyl (C=O) groups excluding carboxylic acids is 3. The normalized spacial score (nSPS) is 20.7. The van der Waals surface area contributed by atoms with Crippen molar-refractivity contribution in [2.45, 2.75) is 39.2 Å². The minimum Gasteiger partial charge on any atom is -0.339 e. The first-order valence-electron chi connectivity index (χ1n) is 10.1. The summed E-state index contributed by atoms with van der Waals surface area (Å²) in [5.74, 6) is 0.00344. The molecule has 7 nitrogen and oxygen atoms in total. The van der Waals surface area contributed by atoms with E-state index in [2.05, 4.69) is 17.1 Å². The summed E-state index contributed by atoms with van der Waals surface area (Å²) in [5, 5.41) is 2.71. The smallest absolute Gasteiger partial charge is 0.254 e. The number of piperidine rings is 1. The summed E-state index contributed by atoms with van der Waals surface area (Å²) >= 11 is 0. The van der Waals surface area contributed by atoms with E-state index in [1.807, 2.05) is 9.80 Å². The maximum Gasteiger partial charge on any atom is 0.254 e. The Hall–Kier alpha value is -2.41. The Bertz CT molecular complexity index is 728. The van der Waals surface area contributed by atoms with Gasteiger partial charge in [0.1, 0.15) is 0 Å². The molecule has 1 unspecified atom stereocenters. The highest BCUT2D eigenvalue weighted by Crippen LogP contribution is 2.18. The van der Waals surface area contributed by atoms with Crippen LogP contribution in [-0.2, 0) is 9.59 Å². The van der Waals surface area contributed by atoms with E-state index >= 15 is 0 Å². The third kappa shape index (κ3) is 5.10. The molecule has 0 bridgehead atoms. The number of likely N-dealkylation sites (tertiary alicyclic amines) is 1. The molecule has 1 N–H and O–H groups in total. The summed E-state index contributed by atoms with van der Waals surface area (Å²) in [6, 6.07) is 7.34. The Labute approximate surface area is 166 Å². The molecule has 3 amide bonds. The maximum atomic E-state index is 12.8. The van der Waals surface area contributed by atoms with Gasteiger partial charge in [-0.15, -0.1) is 0 Å². The molecule has 0 aliphatic carbocycles. The molecule has 1 atom stereocenters. The Balaban J connectivity index is 1.51. The van der Waals surface area contributed by atoms with Crippen LogP contribution in [0.5, 0.6) is 0 Å². The first kappa shape index (κ1) is 20.3. The average Bonchev–Trinajstić information content (AvgIpc) is 2.68. The third-order valence-corrected chi connectivity index (χ3v) is 5.57. The predicted octanol–water partition coefficient (Wildman–Crippen LogP) is 1.80. The van der Waals surface area contributed by atoms with Gasteiger partial charge in [-0.3, -0.25) is 19.3 Å². The summed E-state index contributed by atoms with van der Waals surface area (Å²) in [5.41, 5.74) is 1.19. The molecule has 0 radical (unpaired) electrons. The lowest BCUT2D eigenvalue weighted by Gasteiger charge is -2.38. The predicted molar refractivity (Wildman–Crippen MR) is 108 cm³/mol. The highest BCUT2D eigenvalue weighted by Gasteiger charge is 2.27. The van der Waals surface area contributed by atoms with E-state index in [-0.39, 0.29) is 17.7 Å². The number of nitrogens with zero attached hydrogens (tertiary/aromatic N) is 3. The van der Waals surface area contributed by atoms with Gasteiger partial charge in [0.25, 0.3) is 5.91 Å². The van der Waals surface area contributed by atoms with Crippen LogP contribution in [0.2, 0.25) is 0 Å². The van der Waals surface area contributed by atoms with Crippen molar-refractivity contribution in [3.63, 3.8) is 0 Å². The van der Waals surface area contributed by atoms with Crippen molar-refractivity contribution in [3.05, 3.63) is 29.8 Å². The van der Waals surface area contributed by atoms with Crippen LogP contribution in [-0.4, -0.2) is 77.7 Å². The van der Waals surface area contributed by atoms with Gasteiger partial charge in [0, 0.05) is 56.9 Å². The minimum atomic E-state index is -0.161. The number of benzene rings is 1. The Morgan fingerprint density at radius 2 is 1.82 bits per heavy atom. The molecule has 7 heteroatoms. The van der Waals surface area contributed by atoms with E-state index in [1.165, 1.54) is 13.3 Å². The van der Waals surface area contributed by atoms with Crippen molar-refractivity contribution in [2.75, 3.05) is 44.6 Å². The number of nitrogens with one attached hydrogen (secondary N) is 1. The van der Waals surface area contributed by atoms with E-state index in [1.54, 1.807) is 24.3 Å². The zero-order chi connectivity index (χ0) is 20.1. The van der Waals surface area contributed by atoms with Gasteiger partial charge in [-0.2, -0.15) is 0 Å². The first-order chi connectivity index (χ1) is 13.4. The van der Waals surface area contributed by atoms with E-state index in [9.17, 15) is 14.4 Å². The highest BCUT2D eigenvalue weighted by molar-refractivity contribution is 5.96.